The number of aromatic nitrogens is 1. The first-order valence-electron chi connectivity index (χ1n) is 13.1. The summed E-state index contributed by atoms with van der Waals surface area (Å²) < 4.78 is 5.73. The van der Waals surface area contributed by atoms with Crippen LogP contribution in [0.5, 0.6) is 0 Å². The average molecular weight is 488 g/mol. The van der Waals surface area contributed by atoms with Gasteiger partial charge in [-0.1, -0.05) is 71.6 Å². The van der Waals surface area contributed by atoms with Crippen molar-refractivity contribution in [2.45, 2.75) is 103 Å². The molecule has 1 heterocycles. The lowest BCUT2D eigenvalue weighted by Gasteiger charge is -2.17. The van der Waals surface area contributed by atoms with Crippen molar-refractivity contribution in [3.05, 3.63) is 29.7 Å². The Kier molecular flexibility index (Phi) is 12.9. The van der Waals surface area contributed by atoms with Gasteiger partial charge < -0.3 is 20.2 Å². The Morgan fingerprint density at radius 1 is 0.943 bits per heavy atom. The zero-order valence-corrected chi connectivity index (χ0v) is 21.2. The van der Waals surface area contributed by atoms with Crippen molar-refractivity contribution in [1.82, 2.24) is 15.6 Å². The fraction of sp³-hybridized carbons (Fsp3) is 0.630. The van der Waals surface area contributed by atoms with E-state index in [1.807, 2.05) is 0 Å². The first-order chi connectivity index (χ1) is 16.9. The summed E-state index contributed by atoms with van der Waals surface area (Å²) in [5.74, 6) is -1.18. The Bertz CT molecular complexity index is 940. The van der Waals surface area contributed by atoms with Crippen LogP contribution in [0, 0.1) is 0 Å². The first kappa shape index (κ1) is 28.3. The molecule has 1 aromatic carbocycles. The molecule has 0 saturated carbocycles. The quantitative estimate of drug-likeness (QED) is 0.242. The highest BCUT2D eigenvalue weighted by Crippen LogP contribution is 2.18. The van der Waals surface area contributed by atoms with E-state index in [1.165, 1.54) is 37.8 Å². The molecule has 1 atom stereocenters. The van der Waals surface area contributed by atoms with Gasteiger partial charge >= 0.3 is 5.97 Å². The number of carbonyl (C=O) groups is 3. The van der Waals surface area contributed by atoms with E-state index < -0.39 is 12.0 Å². The highest BCUT2D eigenvalue weighted by molar-refractivity contribution is 5.92. The molecule has 0 aliphatic heterocycles. The van der Waals surface area contributed by atoms with E-state index in [9.17, 15) is 19.5 Å². The summed E-state index contributed by atoms with van der Waals surface area (Å²) in [7, 11) is 0. The maximum Gasteiger partial charge on any atom is 0.335 e. The number of nitrogens with zero attached hydrogens (tertiary/aromatic N) is 1. The fourth-order valence-corrected chi connectivity index (χ4v) is 3.98. The summed E-state index contributed by atoms with van der Waals surface area (Å²) in [6.45, 7) is 4.88. The van der Waals surface area contributed by atoms with Gasteiger partial charge in [-0.05, 0) is 31.0 Å². The van der Waals surface area contributed by atoms with Crippen molar-refractivity contribution in [2.24, 2.45) is 0 Å². The van der Waals surface area contributed by atoms with E-state index >= 15 is 0 Å². The predicted molar refractivity (Wildman–Crippen MR) is 136 cm³/mol. The molecule has 2 amide bonds. The van der Waals surface area contributed by atoms with Crippen LogP contribution in [-0.2, 0) is 16.0 Å². The van der Waals surface area contributed by atoms with E-state index in [2.05, 4.69) is 29.5 Å². The second-order valence-electron chi connectivity index (χ2n) is 9.14. The minimum absolute atomic E-state index is 0.0979. The van der Waals surface area contributed by atoms with Crippen LogP contribution >= 0.6 is 0 Å². The van der Waals surface area contributed by atoms with Crippen molar-refractivity contribution >= 4 is 28.9 Å². The summed E-state index contributed by atoms with van der Waals surface area (Å²) in [5, 5.41) is 15.0. The molecule has 0 saturated heterocycles. The number of unbranched alkanes of at least 4 members (excludes halogenated alkanes) is 9. The third-order valence-electron chi connectivity index (χ3n) is 6.05. The van der Waals surface area contributed by atoms with Crippen LogP contribution in [0.15, 0.2) is 22.6 Å². The molecule has 8 heteroatoms. The smallest absolute Gasteiger partial charge is 0.335 e. The lowest BCUT2D eigenvalue weighted by Crippen LogP contribution is -2.48. The fourth-order valence-electron chi connectivity index (χ4n) is 3.98. The topological polar surface area (TPSA) is 122 Å². The molecule has 0 aliphatic rings. The molecule has 3 N–H and O–H groups in total. The Balaban J connectivity index is 1.96. The highest BCUT2D eigenvalue weighted by atomic mass is 16.4. The number of amides is 2. The number of aromatic carboxylic acids is 1. The van der Waals surface area contributed by atoms with E-state index in [-0.39, 0.29) is 29.7 Å². The van der Waals surface area contributed by atoms with Crippen LogP contribution in [0.3, 0.4) is 0 Å². The monoisotopic (exact) mass is 487 g/mol. The van der Waals surface area contributed by atoms with Gasteiger partial charge in [0.1, 0.15) is 11.6 Å². The summed E-state index contributed by atoms with van der Waals surface area (Å²) in [5.41, 5.74) is 0.966. The number of benzene rings is 1. The molecule has 194 valence electrons. The van der Waals surface area contributed by atoms with Crippen LogP contribution in [0.1, 0.15) is 107 Å². The molecule has 0 spiro atoms. The van der Waals surface area contributed by atoms with E-state index in [4.69, 9.17) is 4.42 Å². The molecule has 1 aromatic heterocycles. The van der Waals surface area contributed by atoms with Gasteiger partial charge in [0.05, 0.1) is 12.0 Å². The Hall–Kier alpha value is -2.90. The van der Waals surface area contributed by atoms with Gasteiger partial charge in [0.2, 0.25) is 11.8 Å². The Morgan fingerprint density at radius 2 is 1.60 bits per heavy atom. The molecule has 2 rings (SSSR count). The number of carboxylic acids is 1. The predicted octanol–water partition coefficient (Wildman–Crippen LogP) is 5.39. The number of hydrogen-bond donors (Lipinski definition) is 3. The summed E-state index contributed by atoms with van der Waals surface area (Å²) >= 11 is 0. The van der Waals surface area contributed by atoms with Crippen LogP contribution in [0.25, 0.3) is 11.1 Å². The van der Waals surface area contributed by atoms with Crippen LogP contribution in [0.2, 0.25) is 0 Å². The minimum atomic E-state index is -1.05. The summed E-state index contributed by atoms with van der Waals surface area (Å²) in [6.07, 6.45) is 12.5. The van der Waals surface area contributed by atoms with Crippen molar-refractivity contribution in [3.8, 4) is 0 Å². The zero-order valence-electron chi connectivity index (χ0n) is 21.2. The molecule has 0 fully saturated rings. The summed E-state index contributed by atoms with van der Waals surface area (Å²) in [6, 6.07) is 3.64. The lowest BCUT2D eigenvalue weighted by atomic mass is 10.1. The second-order valence-corrected chi connectivity index (χ2v) is 9.14. The largest absolute Gasteiger partial charge is 0.478 e. The maximum atomic E-state index is 12.9. The van der Waals surface area contributed by atoms with E-state index in [0.717, 1.165) is 44.9 Å². The molecule has 1 unspecified atom stereocenters. The van der Waals surface area contributed by atoms with Crippen molar-refractivity contribution in [2.75, 3.05) is 6.54 Å². The highest BCUT2D eigenvalue weighted by Gasteiger charge is 2.23. The number of hydrogen-bond acceptors (Lipinski definition) is 5. The Labute approximate surface area is 208 Å². The van der Waals surface area contributed by atoms with Gasteiger partial charge in [-0.2, -0.15) is 0 Å². The third kappa shape index (κ3) is 10.5. The molecule has 0 radical (unpaired) electrons. The van der Waals surface area contributed by atoms with Gasteiger partial charge in [0.15, 0.2) is 11.5 Å². The van der Waals surface area contributed by atoms with Crippen molar-refractivity contribution < 1.29 is 23.9 Å². The number of rotatable bonds is 18. The van der Waals surface area contributed by atoms with Crippen LogP contribution in [-0.4, -0.2) is 40.5 Å². The lowest BCUT2D eigenvalue weighted by molar-refractivity contribution is -0.129. The summed E-state index contributed by atoms with van der Waals surface area (Å²) in [4.78, 5) is 41.0. The normalized spacial score (nSPS) is 11.9. The number of carbonyl (C=O) groups excluding carboxylic acids is 2. The first-order valence-corrected chi connectivity index (χ1v) is 13.1. The van der Waals surface area contributed by atoms with Crippen LogP contribution in [0.4, 0.5) is 0 Å². The molecule has 0 bridgehead atoms. The Morgan fingerprint density at radius 3 is 2.29 bits per heavy atom. The van der Waals surface area contributed by atoms with Gasteiger partial charge in [-0.25, -0.2) is 9.78 Å². The number of nitrogens with one attached hydrogen (secondary N) is 2. The zero-order chi connectivity index (χ0) is 25.5. The second kappa shape index (κ2) is 15.9. The van der Waals surface area contributed by atoms with E-state index in [1.54, 1.807) is 6.07 Å². The SMILES string of the molecule is CCCCCCCCCC(=O)NC(Cc1nc2cc(C(=O)O)ccc2o1)C(=O)NCCCCCC. The maximum absolute atomic E-state index is 12.9. The van der Waals surface area contributed by atoms with Gasteiger partial charge in [0, 0.05) is 13.0 Å². The number of carboxylic acid groups (broad SMARTS) is 1. The molecular weight excluding hydrogens is 446 g/mol. The standard InChI is InChI=1S/C27H41N3O5/c1-3-5-7-9-10-11-12-14-24(31)29-22(26(32)28-17-13-8-6-4-2)19-25-30-21-18-20(27(33)34)15-16-23(21)35-25/h15-16,18,22H,3-14,17,19H2,1-2H3,(H,28,32)(H,29,31)(H,33,34). The number of fused-ring (bicyclic) bond motifs is 1. The van der Waals surface area contributed by atoms with E-state index in [0.29, 0.717) is 24.1 Å². The van der Waals surface area contributed by atoms with Crippen molar-refractivity contribution in [1.29, 1.82) is 0 Å². The van der Waals surface area contributed by atoms with Crippen molar-refractivity contribution in [3.63, 3.8) is 0 Å². The molecule has 8 nitrogen and oxygen atoms in total. The van der Waals surface area contributed by atoms with Gasteiger partial charge in [0.25, 0.3) is 0 Å². The molecular formula is C27H41N3O5. The minimum Gasteiger partial charge on any atom is -0.478 e. The molecule has 35 heavy (non-hydrogen) atoms. The molecule has 2 aromatic rings. The average Bonchev–Trinajstić information content (AvgIpc) is 3.24. The van der Waals surface area contributed by atoms with Gasteiger partial charge in [-0.15, -0.1) is 0 Å². The number of oxazole rings is 1. The van der Waals surface area contributed by atoms with Gasteiger partial charge in [-0.3, -0.25) is 9.59 Å². The molecule has 0 aliphatic carbocycles. The van der Waals surface area contributed by atoms with Crippen LogP contribution < -0.4 is 10.6 Å². The third-order valence-corrected chi connectivity index (χ3v) is 6.05.